The Labute approximate surface area is 449 Å². The summed E-state index contributed by atoms with van der Waals surface area (Å²) in [6.07, 6.45) is 21.2. The van der Waals surface area contributed by atoms with Crippen molar-refractivity contribution in [3.63, 3.8) is 0 Å². The van der Waals surface area contributed by atoms with Gasteiger partial charge in [-0.05, 0) is 146 Å². The SMILES string of the molecule is CCCCCCc1ccc(C(=O)Nc2ccc(OC(=O)c3ccc(CCCCCC)cc3)c3c2C(=O)c2c(NC(=O)c4ccc(CCCCCC)cc4)ccc(OC(=O)c4ccc(CCCCCC)cc4)c2C3=O)cc1. The second kappa shape index (κ2) is 28.4. The number of unbranched alkanes of at least 4 members (excludes halogenated alkanes) is 12. The Bertz CT molecular complexity index is 2560. The Kier molecular flexibility index (Phi) is 21.1. The van der Waals surface area contributed by atoms with Crippen molar-refractivity contribution in [3.8, 4) is 11.5 Å². The Morgan fingerprint density at radius 3 is 0.895 bits per heavy atom. The Balaban J connectivity index is 1.27. The smallest absolute Gasteiger partial charge is 0.343 e. The maximum absolute atomic E-state index is 15.5. The van der Waals surface area contributed by atoms with Crippen LogP contribution in [0.2, 0.25) is 0 Å². The van der Waals surface area contributed by atoms with E-state index in [1.54, 1.807) is 48.5 Å². The summed E-state index contributed by atoms with van der Waals surface area (Å²) in [4.78, 5) is 87.2. The van der Waals surface area contributed by atoms with Gasteiger partial charge < -0.3 is 20.1 Å². The van der Waals surface area contributed by atoms with Crippen LogP contribution in [-0.4, -0.2) is 35.3 Å². The van der Waals surface area contributed by atoms with Gasteiger partial charge >= 0.3 is 11.9 Å². The van der Waals surface area contributed by atoms with E-state index in [1.165, 1.54) is 24.3 Å². The zero-order chi connectivity index (χ0) is 53.8. The van der Waals surface area contributed by atoms with Gasteiger partial charge in [-0.3, -0.25) is 19.2 Å². The lowest BCUT2D eigenvalue weighted by molar-refractivity contribution is 0.0725. The third-order valence-electron chi connectivity index (χ3n) is 14.2. The lowest BCUT2D eigenvalue weighted by Crippen LogP contribution is -2.28. The highest BCUT2D eigenvalue weighted by molar-refractivity contribution is 6.35. The van der Waals surface area contributed by atoms with Crippen molar-refractivity contribution in [3.05, 3.63) is 188 Å². The molecule has 0 unspecified atom stereocenters. The van der Waals surface area contributed by atoms with Gasteiger partial charge in [0.2, 0.25) is 5.78 Å². The monoisotopic (exact) mass is 1020 g/mol. The molecule has 0 heterocycles. The van der Waals surface area contributed by atoms with Gasteiger partial charge in [0, 0.05) is 11.1 Å². The first-order chi connectivity index (χ1) is 37.0. The van der Waals surface area contributed by atoms with Gasteiger partial charge in [-0.25, -0.2) is 9.59 Å². The molecule has 0 bridgehead atoms. The number of hydrogen-bond donors (Lipinski definition) is 2. The summed E-state index contributed by atoms with van der Waals surface area (Å²) in [5.41, 5.74) is 4.22. The van der Waals surface area contributed by atoms with Crippen LogP contribution in [0, 0.1) is 0 Å². The highest BCUT2D eigenvalue weighted by Crippen LogP contribution is 2.44. The van der Waals surface area contributed by atoms with Crippen LogP contribution in [-0.2, 0) is 25.7 Å². The highest BCUT2D eigenvalue weighted by Gasteiger charge is 2.40. The molecule has 0 fully saturated rings. The Morgan fingerprint density at radius 2 is 0.605 bits per heavy atom. The average molecular weight is 1020 g/mol. The van der Waals surface area contributed by atoms with E-state index in [2.05, 4.69) is 38.3 Å². The van der Waals surface area contributed by atoms with Crippen molar-refractivity contribution in [2.24, 2.45) is 0 Å². The number of amides is 2. The molecule has 1 aliphatic carbocycles. The molecule has 0 radical (unpaired) electrons. The molecule has 7 rings (SSSR count). The number of fused-ring (bicyclic) bond motifs is 2. The van der Waals surface area contributed by atoms with Gasteiger partial charge in [-0.1, -0.05) is 153 Å². The first kappa shape index (κ1) is 56.3. The number of nitrogens with one attached hydrogen (secondary N) is 2. The second-order valence-electron chi connectivity index (χ2n) is 20.1. The lowest BCUT2D eigenvalue weighted by Gasteiger charge is -2.26. The van der Waals surface area contributed by atoms with E-state index >= 15 is 9.59 Å². The van der Waals surface area contributed by atoms with Crippen LogP contribution in [0.25, 0.3) is 0 Å². The third kappa shape index (κ3) is 14.9. The summed E-state index contributed by atoms with van der Waals surface area (Å²) < 4.78 is 12.1. The van der Waals surface area contributed by atoms with Crippen molar-refractivity contribution in [1.29, 1.82) is 0 Å². The topological polar surface area (TPSA) is 145 Å². The number of carbonyl (C=O) groups excluding carboxylic acids is 6. The molecule has 1 aliphatic rings. The van der Waals surface area contributed by atoms with Crippen LogP contribution in [0.3, 0.4) is 0 Å². The molecular weight excluding hydrogens is 949 g/mol. The lowest BCUT2D eigenvalue weighted by atomic mass is 9.81. The van der Waals surface area contributed by atoms with Crippen molar-refractivity contribution >= 4 is 46.7 Å². The van der Waals surface area contributed by atoms with E-state index in [-0.39, 0.29) is 56.3 Å². The summed E-state index contributed by atoms with van der Waals surface area (Å²) in [6, 6.07) is 34.3. The van der Waals surface area contributed by atoms with Crippen LogP contribution >= 0.6 is 0 Å². The first-order valence-corrected chi connectivity index (χ1v) is 27.9. The van der Waals surface area contributed by atoms with Gasteiger partial charge in [0.15, 0.2) is 5.78 Å². The summed E-state index contributed by atoms with van der Waals surface area (Å²) >= 11 is 0. The van der Waals surface area contributed by atoms with Gasteiger partial charge in [0.05, 0.1) is 44.8 Å². The number of carbonyl (C=O) groups is 6. The zero-order valence-corrected chi connectivity index (χ0v) is 45.0. The highest BCUT2D eigenvalue weighted by atomic mass is 16.5. The Morgan fingerprint density at radius 1 is 0.329 bits per heavy atom. The number of ketones is 2. The minimum Gasteiger partial charge on any atom is -0.422 e. The van der Waals surface area contributed by atoms with Crippen LogP contribution in [0.15, 0.2) is 121 Å². The second-order valence-corrected chi connectivity index (χ2v) is 20.1. The Hall–Kier alpha value is -7.46. The first-order valence-electron chi connectivity index (χ1n) is 27.9. The van der Waals surface area contributed by atoms with Crippen molar-refractivity contribution in [1.82, 2.24) is 0 Å². The fraction of sp³-hybridized carbons (Fsp3) is 0.364. The minimum atomic E-state index is -0.827. The summed E-state index contributed by atoms with van der Waals surface area (Å²) in [7, 11) is 0. The van der Waals surface area contributed by atoms with E-state index in [0.717, 1.165) is 151 Å². The minimum absolute atomic E-state index is 0.0242. The van der Waals surface area contributed by atoms with E-state index < -0.39 is 35.3 Å². The van der Waals surface area contributed by atoms with Crippen LogP contribution < -0.4 is 20.1 Å². The van der Waals surface area contributed by atoms with Gasteiger partial charge in [-0.15, -0.1) is 0 Å². The molecule has 2 N–H and O–H groups in total. The molecule has 76 heavy (non-hydrogen) atoms. The molecule has 0 aliphatic heterocycles. The maximum atomic E-state index is 15.5. The number of esters is 2. The molecule has 0 atom stereocenters. The van der Waals surface area contributed by atoms with E-state index in [0.29, 0.717) is 11.1 Å². The molecule has 0 aromatic heterocycles. The number of aryl methyl sites for hydroxylation is 4. The fourth-order valence-corrected chi connectivity index (χ4v) is 9.71. The molecular formula is C66H74N2O8. The largest absolute Gasteiger partial charge is 0.422 e. The number of benzene rings is 6. The van der Waals surface area contributed by atoms with Crippen molar-refractivity contribution < 1.29 is 38.2 Å². The molecule has 10 heteroatoms. The van der Waals surface area contributed by atoms with Crippen LogP contribution in [0.1, 0.15) is 226 Å². The fourth-order valence-electron chi connectivity index (χ4n) is 9.71. The molecule has 396 valence electrons. The van der Waals surface area contributed by atoms with Gasteiger partial charge in [0.1, 0.15) is 11.5 Å². The van der Waals surface area contributed by atoms with Crippen molar-refractivity contribution in [2.45, 2.75) is 156 Å². The van der Waals surface area contributed by atoms with E-state index in [4.69, 9.17) is 9.47 Å². The number of ether oxygens (including phenoxy) is 2. The molecule has 10 nitrogen and oxygen atoms in total. The normalized spacial score (nSPS) is 11.7. The predicted molar refractivity (Wildman–Crippen MR) is 303 cm³/mol. The number of rotatable bonds is 28. The van der Waals surface area contributed by atoms with Gasteiger partial charge in [0.25, 0.3) is 11.8 Å². The van der Waals surface area contributed by atoms with Crippen LogP contribution in [0.5, 0.6) is 11.5 Å². The maximum Gasteiger partial charge on any atom is 0.343 e. The van der Waals surface area contributed by atoms with Crippen LogP contribution in [0.4, 0.5) is 11.4 Å². The molecule has 6 aromatic carbocycles. The molecule has 0 spiro atoms. The van der Waals surface area contributed by atoms with E-state index in [1.807, 2.05) is 48.5 Å². The molecule has 6 aromatic rings. The summed E-state index contributed by atoms with van der Waals surface area (Å²) in [5, 5.41) is 5.74. The summed E-state index contributed by atoms with van der Waals surface area (Å²) in [6.45, 7) is 8.66. The standard InChI is InChI=1S/C66H74N2O8/c1-5-9-13-17-21-45-25-33-49(34-26-45)63(71)67-53-41-43-55(75-65(73)51-37-29-47(30-38-51)23-19-15-11-7-3)59-57(53)61(69)58-54(68-64(72)50-35-27-46(28-36-50)22-18-14-10-6-2)42-44-56(60(58)62(59)70)76-66(74)52-39-31-48(32-40-52)24-20-16-12-8-4/h25-44H,5-24H2,1-4H3,(H,67,71)(H,68,72). The molecule has 0 saturated carbocycles. The third-order valence-corrected chi connectivity index (χ3v) is 14.2. The zero-order valence-electron chi connectivity index (χ0n) is 45.0. The van der Waals surface area contributed by atoms with Crippen molar-refractivity contribution in [2.75, 3.05) is 10.6 Å². The van der Waals surface area contributed by atoms with Gasteiger partial charge in [-0.2, -0.15) is 0 Å². The van der Waals surface area contributed by atoms with E-state index in [9.17, 15) is 19.2 Å². The quantitative estimate of drug-likeness (QED) is 0.0280. The predicted octanol–water partition coefficient (Wildman–Crippen LogP) is 15.9. The number of anilines is 2. The average Bonchev–Trinajstić information content (AvgIpc) is 3.57. The summed E-state index contributed by atoms with van der Waals surface area (Å²) in [5.74, 6) is -4.72. The molecule has 0 saturated heterocycles. The molecule has 2 amide bonds. The number of hydrogen-bond acceptors (Lipinski definition) is 8.